The molecule has 5 amide bonds. The maximum atomic E-state index is 14.6. The van der Waals surface area contributed by atoms with Crippen molar-refractivity contribution in [2.45, 2.75) is 136 Å². The fraction of sp³-hybridized carbons (Fsp3) is 0.538. The smallest absolute Gasteiger partial charge is 0.415 e. The molecule has 4 aromatic rings. The highest BCUT2D eigenvalue weighted by molar-refractivity contribution is 7.98. The zero-order valence-electron chi connectivity index (χ0n) is 42.6. The number of fused-ring (bicyclic) bond motifs is 1. The fourth-order valence-electron chi connectivity index (χ4n) is 9.91. The highest BCUT2D eigenvalue weighted by Crippen LogP contribution is 2.52. The first-order valence-electron chi connectivity index (χ1n) is 24.4. The van der Waals surface area contributed by atoms with Gasteiger partial charge in [-0.1, -0.05) is 39.8 Å². The van der Waals surface area contributed by atoms with E-state index in [9.17, 15) is 24.0 Å². The van der Waals surface area contributed by atoms with Gasteiger partial charge in [-0.15, -0.1) is 22.0 Å². The lowest BCUT2D eigenvalue weighted by Gasteiger charge is -2.46. The van der Waals surface area contributed by atoms with Crippen molar-refractivity contribution < 1.29 is 33.4 Å². The number of piperidine rings is 1. The molecule has 2 aromatic carbocycles. The summed E-state index contributed by atoms with van der Waals surface area (Å²) in [5.74, 6) is 1.29. The van der Waals surface area contributed by atoms with Crippen LogP contribution in [0.4, 0.5) is 26.9 Å². The minimum Gasteiger partial charge on any atom is -0.444 e. The molecule has 4 heterocycles. The van der Waals surface area contributed by atoms with E-state index in [1.807, 2.05) is 30.7 Å². The first kappa shape index (κ1) is 51.8. The van der Waals surface area contributed by atoms with Crippen LogP contribution in [0, 0.1) is 17.8 Å². The Morgan fingerprint density at radius 1 is 0.971 bits per heavy atom. The summed E-state index contributed by atoms with van der Waals surface area (Å²) in [5.41, 5.74) is 3.56. The van der Waals surface area contributed by atoms with E-state index in [4.69, 9.17) is 14.5 Å². The summed E-state index contributed by atoms with van der Waals surface area (Å²) in [6, 6.07) is 13.2. The largest absolute Gasteiger partial charge is 0.444 e. The van der Waals surface area contributed by atoms with E-state index in [1.54, 1.807) is 88.8 Å². The zero-order valence-corrected chi connectivity index (χ0v) is 43.4. The minimum absolute atomic E-state index is 0.0692. The van der Waals surface area contributed by atoms with E-state index in [1.165, 1.54) is 17.7 Å². The van der Waals surface area contributed by atoms with E-state index in [0.29, 0.717) is 46.8 Å². The number of pyridine rings is 1. The fourth-order valence-corrected chi connectivity index (χ4v) is 10.6. The van der Waals surface area contributed by atoms with Gasteiger partial charge in [-0.2, -0.15) is 0 Å². The van der Waals surface area contributed by atoms with Crippen molar-refractivity contribution in [3.8, 4) is 0 Å². The highest BCUT2D eigenvalue weighted by Gasteiger charge is 2.49. The summed E-state index contributed by atoms with van der Waals surface area (Å²) < 4.78 is 13.2. The van der Waals surface area contributed by atoms with Gasteiger partial charge in [-0.25, -0.2) is 14.6 Å². The summed E-state index contributed by atoms with van der Waals surface area (Å²) in [6.07, 6.45) is 6.43. The molecule has 0 radical (unpaired) electrons. The number of hydrogen-bond donors (Lipinski definition) is 3. The van der Waals surface area contributed by atoms with Gasteiger partial charge in [0.25, 0.3) is 5.91 Å². The number of likely N-dealkylation sites (tertiary alicyclic amines) is 1. The minimum atomic E-state index is -0.927. The molecule has 7 rings (SSSR count). The summed E-state index contributed by atoms with van der Waals surface area (Å²) >= 11 is 1.65. The SMILES string of the molecule is CCN(C(=O)OCc1ccc(NC(=O)[C@H](C)NC(=O)[C@@H](NC(=O)OC(C)(C)C)C(C)C)cc1)c1cc(C2(c3nncn3C)CC(C)C2)cc(N2Cc3c(SC)cc(CN4CCC[C@H](C)C4)cc3C2=O)n1. The van der Waals surface area contributed by atoms with Crippen LogP contribution in [0.25, 0.3) is 0 Å². The summed E-state index contributed by atoms with van der Waals surface area (Å²) in [6.45, 7) is 20.1. The van der Waals surface area contributed by atoms with Gasteiger partial charge in [0.1, 0.15) is 48.1 Å². The quantitative estimate of drug-likeness (QED) is 0.0914. The van der Waals surface area contributed by atoms with Gasteiger partial charge in [0.2, 0.25) is 11.8 Å². The number of ether oxygens (including phenoxy) is 2. The molecule has 0 unspecified atom stereocenters. The van der Waals surface area contributed by atoms with Crippen molar-refractivity contribution in [1.82, 2.24) is 35.3 Å². The third-order valence-corrected chi connectivity index (χ3v) is 14.2. The maximum absolute atomic E-state index is 14.6. The van der Waals surface area contributed by atoms with Crippen LogP contribution in [0.5, 0.6) is 0 Å². The second-order valence-corrected chi connectivity index (χ2v) is 21.6. The Balaban J connectivity index is 1.07. The first-order chi connectivity index (χ1) is 33.2. The number of aromatic nitrogens is 4. The molecule has 0 spiro atoms. The maximum Gasteiger partial charge on any atom is 0.415 e. The molecule has 1 saturated heterocycles. The molecule has 2 fully saturated rings. The Hall–Kier alpha value is -6.01. The standard InChI is InChI=1S/C52H70N10O7S/c1-12-61(50(67)68-29-35-15-17-38(18-16-35)55-45(63)34(6)54-46(64)44(31(2)3)57-49(66)69-51(7,8)9)42-22-37(52(24-33(5)25-52)48-58-53-30-59(48)10)23-43(56-42)62-28-40-39(47(62)65)20-36(21-41(40)70-11)27-60-19-13-14-32(4)26-60/h15-18,20-23,30-34,44H,12-14,19,24-29H2,1-11H3,(H,54,64)(H,55,63)(H,57,66)/t32-,33?,34-,44-,52?/m0/s1. The van der Waals surface area contributed by atoms with Gasteiger partial charge in [-0.3, -0.25) is 29.1 Å². The number of anilines is 3. The van der Waals surface area contributed by atoms with Crippen LogP contribution in [0.1, 0.15) is 126 Å². The second-order valence-electron chi connectivity index (χ2n) is 20.7. The molecule has 3 atom stereocenters. The second kappa shape index (κ2) is 21.5. The lowest BCUT2D eigenvalue weighted by atomic mass is 9.58. The van der Waals surface area contributed by atoms with E-state index < -0.39 is 47.1 Å². The Bertz CT molecular complexity index is 2570. The predicted molar refractivity (Wildman–Crippen MR) is 271 cm³/mol. The van der Waals surface area contributed by atoms with Crippen LogP contribution >= 0.6 is 11.8 Å². The predicted octanol–water partition coefficient (Wildman–Crippen LogP) is 8.20. The molecule has 2 aliphatic heterocycles. The van der Waals surface area contributed by atoms with Crippen LogP contribution < -0.4 is 25.8 Å². The molecular weight excluding hydrogens is 909 g/mol. The molecule has 3 N–H and O–H groups in total. The van der Waals surface area contributed by atoms with Crippen molar-refractivity contribution >= 4 is 59.0 Å². The molecule has 70 heavy (non-hydrogen) atoms. The molecule has 0 bridgehead atoms. The van der Waals surface area contributed by atoms with Crippen LogP contribution in [0.3, 0.4) is 0 Å². The number of aryl methyl sites for hydroxylation is 1. The van der Waals surface area contributed by atoms with Gasteiger partial charge in [0, 0.05) is 42.8 Å². The number of rotatable bonds is 16. The average Bonchev–Trinajstić information content (AvgIpc) is 3.88. The van der Waals surface area contributed by atoms with Crippen molar-refractivity contribution in [2.24, 2.45) is 24.8 Å². The average molecular weight is 979 g/mol. The van der Waals surface area contributed by atoms with Gasteiger partial charge >= 0.3 is 12.2 Å². The highest BCUT2D eigenvalue weighted by atomic mass is 32.2. The number of benzene rings is 2. The third kappa shape index (κ3) is 11.8. The van der Waals surface area contributed by atoms with Crippen molar-refractivity contribution in [3.05, 3.63) is 88.5 Å². The van der Waals surface area contributed by atoms with Gasteiger partial charge < -0.3 is 30.0 Å². The first-order valence-corrected chi connectivity index (χ1v) is 25.7. The number of nitrogens with zero attached hydrogens (tertiary/aromatic N) is 7. The lowest BCUT2D eigenvalue weighted by Crippen LogP contribution is -2.54. The molecule has 18 heteroatoms. The van der Waals surface area contributed by atoms with Crippen molar-refractivity contribution in [1.29, 1.82) is 0 Å². The number of nitrogens with one attached hydrogen (secondary N) is 3. The Morgan fingerprint density at radius 3 is 2.31 bits per heavy atom. The Kier molecular flexibility index (Phi) is 16.0. The Labute approximate surface area is 416 Å². The van der Waals surface area contributed by atoms with E-state index in [2.05, 4.69) is 63.3 Å². The van der Waals surface area contributed by atoms with E-state index >= 15 is 0 Å². The number of hydrogen-bond acceptors (Lipinski definition) is 12. The molecule has 1 saturated carbocycles. The summed E-state index contributed by atoms with van der Waals surface area (Å²) in [5, 5.41) is 16.9. The summed E-state index contributed by atoms with van der Waals surface area (Å²) in [4.78, 5) is 79.3. The molecule has 17 nitrogen and oxygen atoms in total. The molecule has 3 aliphatic rings. The molecular formula is C52H70N10O7S. The number of carbonyl (C=O) groups is 5. The molecule has 1 aliphatic carbocycles. The molecule has 376 valence electrons. The monoisotopic (exact) mass is 979 g/mol. The third-order valence-electron chi connectivity index (χ3n) is 13.4. The van der Waals surface area contributed by atoms with E-state index in [-0.39, 0.29) is 25.0 Å². The van der Waals surface area contributed by atoms with Gasteiger partial charge in [0.15, 0.2) is 0 Å². The van der Waals surface area contributed by atoms with Gasteiger partial charge in [0.05, 0.1) is 12.0 Å². The number of alkyl carbamates (subject to hydrolysis) is 1. The van der Waals surface area contributed by atoms with Gasteiger partial charge in [-0.05, 0) is 150 Å². The van der Waals surface area contributed by atoms with Crippen LogP contribution in [0.2, 0.25) is 0 Å². The number of thioether (sulfide) groups is 1. The van der Waals surface area contributed by atoms with Crippen LogP contribution in [-0.4, -0.2) is 98.1 Å². The molecule has 2 aromatic heterocycles. The zero-order chi connectivity index (χ0) is 50.7. The number of amides is 5. The number of carbonyl (C=O) groups excluding carboxylic acids is 5. The topological polar surface area (TPSA) is 193 Å². The van der Waals surface area contributed by atoms with E-state index in [0.717, 1.165) is 59.9 Å². The van der Waals surface area contributed by atoms with Crippen molar-refractivity contribution in [3.63, 3.8) is 0 Å². The lowest BCUT2D eigenvalue weighted by molar-refractivity contribution is -0.128. The Morgan fingerprint density at radius 2 is 1.70 bits per heavy atom. The normalized spacial score (nSPS) is 20.0. The van der Waals surface area contributed by atoms with Crippen LogP contribution in [0.15, 0.2) is 59.8 Å². The van der Waals surface area contributed by atoms with Crippen LogP contribution in [-0.2, 0) is 51.2 Å². The summed E-state index contributed by atoms with van der Waals surface area (Å²) in [7, 11) is 1.94. The van der Waals surface area contributed by atoms with Crippen molar-refractivity contribution in [2.75, 3.05) is 41.0 Å².